The number of ether oxygens (including phenoxy) is 3. The smallest absolute Gasteiger partial charge is 0.347 e. The van der Waals surface area contributed by atoms with Gasteiger partial charge in [-0.2, -0.15) is 0 Å². The molecule has 2 atom stereocenters. The Balaban J connectivity index is 1.68. The maximum atomic E-state index is 11.5. The summed E-state index contributed by atoms with van der Waals surface area (Å²) in [7, 11) is 0. The van der Waals surface area contributed by atoms with Gasteiger partial charge in [-0.1, -0.05) is 12.8 Å². The number of rotatable bonds is 4. The average molecular weight is 242 g/mol. The van der Waals surface area contributed by atoms with Gasteiger partial charge in [0.1, 0.15) is 12.7 Å². The number of esters is 2. The van der Waals surface area contributed by atoms with Crippen LogP contribution in [0, 0.1) is 0 Å². The first-order valence-electron chi connectivity index (χ1n) is 6.16. The van der Waals surface area contributed by atoms with Crippen LogP contribution in [0.5, 0.6) is 0 Å². The second-order valence-electron chi connectivity index (χ2n) is 4.68. The fourth-order valence-corrected chi connectivity index (χ4v) is 2.25. The Labute approximate surface area is 100 Å². The molecule has 96 valence electrons. The highest BCUT2D eigenvalue weighted by Gasteiger charge is 2.35. The molecule has 1 aliphatic heterocycles. The van der Waals surface area contributed by atoms with E-state index in [1.54, 1.807) is 6.92 Å². The van der Waals surface area contributed by atoms with Crippen molar-refractivity contribution in [2.24, 2.45) is 0 Å². The van der Waals surface area contributed by atoms with Crippen LogP contribution in [0.15, 0.2) is 0 Å². The number of hydrogen-bond acceptors (Lipinski definition) is 5. The molecule has 1 saturated carbocycles. The van der Waals surface area contributed by atoms with Crippen LogP contribution >= 0.6 is 0 Å². The summed E-state index contributed by atoms with van der Waals surface area (Å²) in [4.78, 5) is 22.7. The highest BCUT2D eigenvalue weighted by molar-refractivity contribution is 5.81. The zero-order valence-electron chi connectivity index (χ0n) is 10.0. The summed E-state index contributed by atoms with van der Waals surface area (Å²) < 4.78 is 15.3. The van der Waals surface area contributed by atoms with Crippen molar-refractivity contribution in [3.63, 3.8) is 0 Å². The first kappa shape index (κ1) is 12.4. The molecule has 0 spiro atoms. The highest BCUT2D eigenvalue weighted by Crippen LogP contribution is 2.21. The molecular formula is C12H18O5. The van der Waals surface area contributed by atoms with Crippen LogP contribution in [0.1, 0.15) is 39.0 Å². The third kappa shape index (κ3) is 3.43. The maximum Gasteiger partial charge on any atom is 0.347 e. The molecule has 0 unspecified atom stereocenters. The molecular weight excluding hydrogens is 224 g/mol. The van der Waals surface area contributed by atoms with Gasteiger partial charge in [-0.3, -0.25) is 0 Å². The van der Waals surface area contributed by atoms with Crippen LogP contribution in [0.3, 0.4) is 0 Å². The molecule has 5 nitrogen and oxygen atoms in total. The van der Waals surface area contributed by atoms with E-state index in [9.17, 15) is 9.59 Å². The minimum atomic E-state index is -0.746. The van der Waals surface area contributed by atoms with E-state index in [0.29, 0.717) is 6.42 Å². The predicted molar refractivity (Wildman–Crippen MR) is 58.3 cm³/mol. The molecule has 2 aliphatic rings. The summed E-state index contributed by atoms with van der Waals surface area (Å²) in [5.74, 6) is -0.931. The molecule has 0 amide bonds. The van der Waals surface area contributed by atoms with Crippen LogP contribution < -0.4 is 0 Å². The predicted octanol–water partition coefficient (Wildman–Crippen LogP) is 1.19. The Kier molecular flexibility index (Phi) is 3.99. The first-order chi connectivity index (χ1) is 8.15. The minimum Gasteiger partial charge on any atom is -0.460 e. The lowest BCUT2D eigenvalue weighted by atomic mass is 10.2. The van der Waals surface area contributed by atoms with Gasteiger partial charge in [0.2, 0.25) is 6.10 Å². The average Bonchev–Trinajstić information content (AvgIpc) is 2.87. The van der Waals surface area contributed by atoms with Crippen LogP contribution in [-0.2, 0) is 23.8 Å². The molecule has 1 aliphatic carbocycles. The standard InChI is InChI=1S/C12H18O5/c1-8-6-10(12(14)16-8)17-11(13)7-15-9-4-2-3-5-9/h8-10H,2-7H2,1H3/t8-,10+/m0/s1. The molecule has 0 aromatic rings. The van der Waals surface area contributed by atoms with Gasteiger partial charge in [-0.05, 0) is 19.8 Å². The van der Waals surface area contributed by atoms with Crippen molar-refractivity contribution in [2.45, 2.75) is 57.3 Å². The van der Waals surface area contributed by atoms with Crippen molar-refractivity contribution in [3.8, 4) is 0 Å². The van der Waals surface area contributed by atoms with Crippen molar-refractivity contribution in [1.82, 2.24) is 0 Å². The van der Waals surface area contributed by atoms with Crippen LogP contribution in [0.4, 0.5) is 0 Å². The Hall–Kier alpha value is -1.10. The lowest BCUT2D eigenvalue weighted by Crippen LogP contribution is -2.26. The van der Waals surface area contributed by atoms with Crippen molar-refractivity contribution in [1.29, 1.82) is 0 Å². The van der Waals surface area contributed by atoms with Crippen LogP contribution in [-0.4, -0.2) is 36.9 Å². The van der Waals surface area contributed by atoms with Crippen molar-refractivity contribution >= 4 is 11.9 Å². The van der Waals surface area contributed by atoms with Gasteiger partial charge in [-0.15, -0.1) is 0 Å². The van der Waals surface area contributed by atoms with E-state index < -0.39 is 18.0 Å². The minimum absolute atomic E-state index is 0.0666. The lowest BCUT2D eigenvalue weighted by molar-refractivity contribution is -0.165. The first-order valence-corrected chi connectivity index (χ1v) is 6.16. The van der Waals surface area contributed by atoms with E-state index in [0.717, 1.165) is 25.7 Å². The Morgan fingerprint density at radius 2 is 2.12 bits per heavy atom. The zero-order valence-corrected chi connectivity index (χ0v) is 10.0. The molecule has 17 heavy (non-hydrogen) atoms. The normalized spacial score (nSPS) is 29.4. The Morgan fingerprint density at radius 1 is 1.41 bits per heavy atom. The van der Waals surface area contributed by atoms with E-state index in [1.165, 1.54) is 0 Å². The molecule has 0 aromatic heterocycles. The summed E-state index contributed by atoms with van der Waals surface area (Å²) in [6, 6.07) is 0. The lowest BCUT2D eigenvalue weighted by Gasteiger charge is -2.12. The number of hydrogen-bond donors (Lipinski definition) is 0. The van der Waals surface area contributed by atoms with Gasteiger partial charge in [0.15, 0.2) is 0 Å². The molecule has 2 rings (SSSR count). The highest BCUT2D eigenvalue weighted by atomic mass is 16.6. The molecule has 0 bridgehead atoms. The molecule has 0 radical (unpaired) electrons. The fraction of sp³-hybridized carbons (Fsp3) is 0.833. The Morgan fingerprint density at radius 3 is 2.71 bits per heavy atom. The summed E-state index contributed by atoms with van der Waals surface area (Å²) in [5.41, 5.74) is 0. The van der Waals surface area contributed by atoms with E-state index in [4.69, 9.17) is 14.2 Å². The second-order valence-corrected chi connectivity index (χ2v) is 4.68. The number of cyclic esters (lactones) is 1. The van der Waals surface area contributed by atoms with E-state index in [2.05, 4.69) is 0 Å². The fourth-order valence-electron chi connectivity index (χ4n) is 2.25. The van der Waals surface area contributed by atoms with Crippen LogP contribution in [0.2, 0.25) is 0 Å². The van der Waals surface area contributed by atoms with Gasteiger partial charge in [0.25, 0.3) is 0 Å². The molecule has 1 saturated heterocycles. The van der Waals surface area contributed by atoms with E-state index in [1.807, 2.05) is 0 Å². The molecule has 1 heterocycles. The van der Waals surface area contributed by atoms with E-state index >= 15 is 0 Å². The summed E-state index contributed by atoms with van der Waals surface area (Å²) in [6.07, 6.45) is 4.04. The topological polar surface area (TPSA) is 61.8 Å². The van der Waals surface area contributed by atoms with Gasteiger partial charge in [0, 0.05) is 6.42 Å². The van der Waals surface area contributed by atoms with Crippen LogP contribution in [0.25, 0.3) is 0 Å². The van der Waals surface area contributed by atoms with Crippen molar-refractivity contribution < 1.29 is 23.8 Å². The largest absolute Gasteiger partial charge is 0.460 e. The third-order valence-electron chi connectivity index (χ3n) is 3.14. The van der Waals surface area contributed by atoms with Gasteiger partial charge >= 0.3 is 11.9 Å². The molecule has 0 aromatic carbocycles. The second kappa shape index (κ2) is 5.49. The zero-order chi connectivity index (χ0) is 12.3. The van der Waals surface area contributed by atoms with Gasteiger partial charge in [0.05, 0.1) is 6.10 Å². The van der Waals surface area contributed by atoms with Crippen molar-refractivity contribution in [2.75, 3.05) is 6.61 Å². The number of carbonyl (C=O) groups is 2. The molecule has 0 N–H and O–H groups in total. The van der Waals surface area contributed by atoms with Gasteiger partial charge in [-0.25, -0.2) is 9.59 Å². The maximum absolute atomic E-state index is 11.5. The quantitative estimate of drug-likeness (QED) is 0.693. The summed E-state index contributed by atoms with van der Waals surface area (Å²) in [6.45, 7) is 1.71. The third-order valence-corrected chi connectivity index (χ3v) is 3.14. The summed E-state index contributed by atoms with van der Waals surface area (Å²) in [5, 5.41) is 0. The monoisotopic (exact) mass is 242 g/mol. The van der Waals surface area contributed by atoms with E-state index in [-0.39, 0.29) is 18.8 Å². The number of carbonyl (C=O) groups excluding carboxylic acids is 2. The molecule has 2 fully saturated rings. The SMILES string of the molecule is C[C@H]1C[C@@H](OC(=O)COC2CCCC2)C(=O)O1. The van der Waals surface area contributed by atoms with Gasteiger partial charge < -0.3 is 14.2 Å². The molecule has 5 heteroatoms. The summed E-state index contributed by atoms with van der Waals surface area (Å²) >= 11 is 0. The Bertz CT molecular complexity index is 295. The van der Waals surface area contributed by atoms with Crippen molar-refractivity contribution in [3.05, 3.63) is 0 Å².